The quantitative estimate of drug-likeness (QED) is 0.645. The summed E-state index contributed by atoms with van der Waals surface area (Å²) < 4.78 is 0.830. The van der Waals surface area contributed by atoms with E-state index in [2.05, 4.69) is 22.1 Å². The third-order valence-electron chi connectivity index (χ3n) is 2.83. The molecular weight excluding hydrogens is 280 g/mol. The van der Waals surface area contributed by atoms with Crippen LogP contribution in [0.4, 0.5) is 5.13 Å². The average molecular weight is 298 g/mol. The zero-order valence-corrected chi connectivity index (χ0v) is 12.4. The third-order valence-corrected chi connectivity index (χ3v) is 4.83. The minimum Gasteiger partial charge on any atom is -0.357 e. The zero-order valence-electron chi connectivity index (χ0n) is 10.8. The molecule has 0 radical (unpaired) electrons. The number of carbonyl (C=O) groups excluding carboxylic acids is 1. The first-order valence-electron chi connectivity index (χ1n) is 6.38. The second-order valence-corrected chi connectivity index (χ2v) is 6.47. The molecule has 2 rings (SSSR count). The highest BCUT2D eigenvalue weighted by atomic mass is 32.2. The highest BCUT2D eigenvalue weighted by molar-refractivity contribution is 8.01. The predicted molar refractivity (Wildman–Crippen MR) is 79.8 cm³/mol. The summed E-state index contributed by atoms with van der Waals surface area (Å²) in [4.78, 5) is 13.9. The Morgan fingerprint density at radius 2 is 2.21 bits per heavy atom. The van der Waals surface area contributed by atoms with Gasteiger partial charge in [0.2, 0.25) is 11.0 Å². The Balaban J connectivity index is 1.76. The van der Waals surface area contributed by atoms with Gasteiger partial charge in [0.15, 0.2) is 4.34 Å². The molecule has 1 fully saturated rings. The second-order valence-electron chi connectivity index (χ2n) is 4.27. The van der Waals surface area contributed by atoms with Gasteiger partial charge in [-0.15, -0.1) is 16.8 Å². The molecule has 5 nitrogen and oxygen atoms in total. The number of nitrogens with one attached hydrogen (secondary N) is 1. The highest BCUT2D eigenvalue weighted by Gasteiger charge is 2.17. The van der Waals surface area contributed by atoms with Crippen LogP contribution in [0, 0.1) is 0 Å². The van der Waals surface area contributed by atoms with Gasteiger partial charge in [-0.25, -0.2) is 0 Å². The fourth-order valence-electron chi connectivity index (χ4n) is 1.86. The molecule has 1 aliphatic rings. The first-order valence-corrected chi connectivity index (χ1v) is 8.18. The van der Waals surface area contributed by atoms with Crippen LogP contribution in [0.5, 0.6) is 0 Å². The van der Waals surface area contributed by atoms with Crippen molar-refractivity contribution in [2.75, 3.05) is 30.7 Å². The lowest BCUT2D eigenvalue weighted by molar-refractivity contribution is -0.129. The standard InChI is InChI=1S/C12H18N4OS2/c1-2-6-13-11-14-15-12(19-11)18-9-10(17)16-7-4-3-5-8-16/h2H,1,3-9H2,(H,13,14). The number of carbonyl (C=O) groups is 1. The molecule has 0 atom stereocenters. The summed E-state index contributed by atoms with van der Waals surface area (Å²) in [5.41, 5.74) is 0. The van der Waals surface area contributed by atoms with Crippen LogP contribution in [-0.2, 0) is 4.79 Å². The number of thioether (sulfide) groups is 1. The van der Waals surface area contributed by atoms with Crippen molar-refractivity contribution in [3.8, 4) is 0 Å². The number of likely N-dealkylation sites (tertiary alicyclic amines) is 1. The number of amides is 1. The average Bonchev–Trinajstić information content (AvgIpc) is 2.91. The highest BCUT2D eigenvalue weighted by Crippen LogP contribution is 2.25. The molecule has 0 saturated carbocycles. The zero-order chi connectivity index (χ0) is 13.5. The normalized spacial score (nSPS) is 15.3. The van der Waals surface area contributed by atoms with Gasteiger partial charge in [-0.05, 0) is 19.3 Å². The van der Waals surface area contributed by atoms with Crippen molar-refractivity contribution in [1.82, 2.24) is 15.1 Å². The molecule has 1 amide bonds. The first-order chi connectivity index (χ1) is 9.29. The van der Waals surface area contributed by atoms with Crippen LogP contribution in [0.3, 0.4) is 0 Å². The lowest BCUT2D eigenvalue weighted by atomic mass is 10.1. The van der Waals surface area contributed by atoms with Crippen molar-refractivity contribution in [3.63, 3.8) is 0 Å². The summed E-state index contributed by atoms with van der Waals surface area (Å²) in [5, 5.41) is 11.9. The molecule has 0 aliphatic carbocycles. The number of rotatable bonds is 6. The molecule has 0 spiro atoms. The van der Waals surface area contributed by atoms with Gasteiger partial charge in [0.1, 0.15) is 0 Å². The summed E-state index contributed by atoms with van der Waals surface area (Å²) >= 11 is 2.94. The molecule has 1 aromatic rings. The molecule has 0 aromatic carbocycles. The fraction of sp³-hybridized carbons (Fsp3) is 0.583. The Hall–Kier alpha value is -1.08. The summed E-state index contributed by atoms with van der Waals surface area (Å²) in [6.45, 7) is 6.11. The Morgan fingerprint density at radius 1 is 1.42 bits per heavy atom. The smallest absolute Gasteiger partial charge is 0.233 e. The van der Waals surface area contributed by atoms with Crippen molar-refractivity contribution in [3.05, 3.63) is 12.7 Å². The molecular formula is C12H18N4OS2. The van der Waals surface area contributed by atoms with E-state index in [4.69, 9.17) is 0 Å². The SMILES string of the molecule is C=CCNc1nnc(SCC(=O)N2CCCCC2)s1. The number of hydrogen-bond donors (Lipinski definition) is 1. The fourth-order valence-corrected chi connectivity index (χ4v) is 3.52. The Labute approximate surface area is 121 Å². The van der Waals surface area contributed by atoms with Crippen LogP contribution in [-0.4, -0.2) is 46.4 Å². The van der Waals surface area contributed by atoms with Gasteiger partial charge < -0.3 is 10.2 Å². The van der Waals surface area contributed by atoms with Crippen LogP contribution in [0.1, 0.15) is 19.3 Å². The summed E-state index contributed by atoms with van der Waals surface area (Å²) in [5.74, 6) is 0.663. The molecule has 1 saturated heterocycles. The molecule has 19 heavy (non-hydrogen) atoms. The maximum atomic E-state index is 12.0. The van der Waals surface area contributed by atoms with Crippen molar-refractivity contribution in [2.24, 2.45) is 0 Å². The number of piperidine rings is 1. The summed E-state index contributed by atoms with van der Waals surface area (Å²) in [6, 6.07) is 0. The van der Waals surface area contributed by atoms with Gasteiger partial charge in [-0.2, -0.15) is 0 Å². The number of anilines is 1. The van der Waals surface area contributed by atoms with Crippen molar-refractivity contribution in [2.45, 2.75) is 23.6 Å². The summed E-state index contributed by atoms with van der Waals surface area (Å²) in [6.07, 6.45) is 5.27. The van der Waals surface area contributed by atoms with Gasteiger partial charge in [-0.3, -0.25) is 4.79 Å². The number of aromatic nitrogens is 2. The maximum Gasteiger partial charge on any atom is 0.233 e. The first kappa shape index (κ1) is 14.3. The van der Waals surface area contributed by atoms with Crippen LogP contribution in [0.15, 0.2) is 17.0 Å². The van der Waals surface area contributed by atoms with E-state index in [1.807, 2.05) is 4.90 Å². The molecule has 2 heterocycles. The summed E-state index contributed by atoms with van der Waals surface area (Å²) in [7, 11) is 0. The van der Waals surface area contributed by atoms with Gasteiger partial charge in [0, 0.05) is 19.6 Å². The minimum absolute atomic E-state index is 0.209. The van der Waals surface area contributed by atoms with Gasteiger partial charge in [0.25, 0.3) is 0 Å². The molecule has 7 heteroatoms. The second kappa shape index (κ2) is 7.49. The van der Waals surface area contributed by atoms with E-state index in [-0.39, 0.29) is 5.91 Å². The largest absolute Gasteiger partial charge is 0.357 e. The molecule has 1 aromatic heterocycles. The van der Waals surface area contributed by atoms with Crippen LogP contribution < -0.4 is 5.32 Å². The Bertz CT molecular complexity index is 429. The molecule has 1 aliphatic heterocycles. The van der Waals surface area contributed by atoms with Crippen molar-refractivity contribution < 1.29 is 4.79 Å². The van der Waals surface area contributed by atoms with Crippen LogP contribution in [0.2, 0.25) is 0 Å². The molecule has 0 bridgehead atoms. The third kappa shape index (κ3) is 4.50. The van der Waals surface area contributed by atoms with Crippen LogP contribution in [0.25, 0.3) is 0 Å². The van der Waals surface area contributed by atoms with Crippen molar-refractivity contribution in [1.29, 1.82) is 0 Å². The van der Waals surface area contributed by atoms with E-state index in [1.165, 1.54) is 29.5 Å². The van der Waals surface area contributed by atoms with Gasteiger partial charge >= 0.3 is 0 Å². The number of hydrogen-bond acceptors (Lipinski definition) is 6. The van der Waals surface area contributed by atoms with E-state index < -0.39 is 0 Å². The van der Waals surface area contributed by atoms with E-state index in [9.17, 15) is 4.79 Å². The lowest BCUT2D eigenvalue weighted by Gasteiger charge is -2.26. The molecule has 1 N–H and O–H groups in total. The monoisotopic (exact) mass is 298 g/mol. The van der Waals surface area contributed by atoms with E-state index in [1.54, 1.807) is 6.08 Å². The maximum absolute atomic E-state index is 12.0. The van der Waals surface area contributed by atoms with Crippen LogP contribution >= 0.6 is 23.1 Å². The van der Waals surface area contributed by atoms with Gasteiger partial charge in [0.05, 0.1) is 5.75 Å². The lowest BCUT2D eigenvalue weighted by Crippen LogP contribution is -2.36. The van der Waals surface area contributed by atoms with Crippen molar-refractivity contribution >= 4 is 34.1 Å². The van der Waals surface area contributed by atoms with E-state index >= 15 is 0 Å². The molecule has 104 valence electrons. The topological polar surface area (TPSA) is 58.1 Å². The molecule has 0 unspecified atom stereocenters. The number of nitrogens with zero attached hydrogens (tertiary/aromatic N) is 3. The van der Waals surface area contributed by atoms with Gasteiger partial charge in [-0.1, -0.05) is 29.2 Å². The predicted octanol–water partition coefficient (Wildman–Crippen LogP) is 2.24. The minimum atomic E-state index is 0.209. The Morgan fingerprint density at radius 3 is 2.95 bits per heavy atom. The Kier molecular flexibility index (Phi) is 5.65. The van der Waals surface area contributed by atoms with E-state index in [0.717, 1.165) is 35.4 Å². The van der Waals surface area contributed by atoms with E-state index in [0.29, 0.717) is 12.3 Å².